The first-order valence-corrected chi connectivity index (χ1v) is 11.6. The normalized spacial score (nSPS) is 14.6. The molecule has 168 valence electrons. The number of amides is 2. The average Bonchev–Trinajstić information content (AvgIpc) is 3.09. The third-order valence-electron chi connectivity index (χ3n) is 6.03. The van der Waals surface area contributed by atoms with E-state index in [1.807, 2.05) is 32.0 Å². The first kappa shape index (κ1) is 22.2. The molecule has 1 aliphatic heterocycles. The van der Waals surface area contributed by atoms with Gasteiger partial charge >= 0.3 is 0 Å². The third kappa shape index (κ3) is 4.89. The van der Waals surface area contributed by atoms with Gasteiger partial charge in [0.2, 0.25) is 11.8 Å². The van der Waals surface area contributed by atoms with Crippen LogP contribution in [-0.2, 0) is 22.7 Å². The Morgan fingerprint density at radius 1 is 1.16 bits per heavy atom. The second kappa shape index (κ2) is 9.62. The molecule has 4 rings (SSSR count). The number of hydrogen-bond acceptors (Lipinski definition) is 5. The number of carbonyl (C=O) groups is 2. The van der Waals surface area contributed by atoms with Crippen molar-refractivity contribution in [3.8, 4) is 0 Å². The fourth-order valence-electron chi connectivity index (χ4n) is 4.01. The lowest BCUT2D eigenvalue weighted by Gasteiger charge is -2.32. The van der Waals surface area contributed by atoms with Crippen molar-refractivity contribution in [3.63, 3.8) is 0 Å². The van der Waals surface area contributed by atoms with Gasteiger partial charge in [-0.15, -0.1) is 11.3 Å². The smallest absolute Gasteiger partial charge is 0.262 e. The third-order valence-corrected chi connectivity index (χ3v) is 7.14. The van der Waals surface area contributed by atoms with Crippen LogP contribution in [0.5, 0.6) is 0 Å². The minimum Gasteiger partial charge on any atom is -0.345 e. The summed E-state index contributed by atoms with van der Waals surface area (Å²) < 4.78 is 1.30. The Kier molecular flexibility index (Phi) is 6.66. The number of rotatable bonds is 6. The largest absolute Gasteiger partial charge is 0.345 e. The zero-order valence-corrected chi connectivity index (χ0v) is 19.2. The fourth-order valence-corrected chi connectivity index (χ4v) is 5.00. The average molecular weight is 455 g/mol. The Labute approximate surface area is 190 Å². The monoisotopic (exact) mass is 454 g/mol. The molecule has 0 radical (unpaired) electrons. The van der Waals surface area contributed by atoms with Crippen LogP contribution >= 0.6 is 11.3 Å². The van der Waals surface area contributed by atoms with Crippen LogP contribution in [-0.4, -0.2) is 59.0 Å². The Morgan fingerprint density at radius 2 is 1.88 bits per heavy atom. The zero-order valence-electron chi connectivity index (χ0n) is 18.4. The van der Waals surface area contributed by atoms with E-state index in [4.69, 9.17) is 0 Å². The number of nitrogens with one attached hydrogen (secondary N) is 2. The summed E-state index contributed by atoms with van der Waals surface area (Å²) in [6.45, 7) is 7.70. The fraction of sp³-hybridized carbons (Fsp3) is 0.391. The summed E-state index contributed by atoms with van der Waals surface area (Å²) in [6.07, 6.45) is 1.40. The molecule has 0 saturated carbocycles. The van der Waals surface area contributed by atoms with Crippen LogP contribution in [0.1, 0.15) is 16.0 Å². The number of piperazine rings is 1. The van der Waals surface area contributed by atoms with Crippen LogP contribution in [0, 0.1) is 13.8 Å². The highest BCUT2D eigenvalue weighted by molar-refractivity contribution is 7.18. The highest BCUT2D eigenvalue weighted by atomic mass is 32.1. The molecule has 0 bridgehead atoms. The second-order valence-corrected chi connectivity index (χ2v) is 9.41. The Bertz CT molecular complexity index is 1180. The molecule has 1 aromatic carbocycles. The van der Waals surface area contributed by atoms with Crippen molar-refractivity contribution in [1.29, 1.82) is 0 Å². The van der Waals surface area contributed by atoms with E-state index >= 15 is 0 Å². The van der Waals surface area contributed by atoms with Gasteiger partial charge in [0.05, 0.1) is 44.4 Å². The quantitative estimate of drug-likeness (QED) is 0.554. The lowest BCUT2D eigenvalue weighted by atomic mass is 10.2. The molecule has 0 unspecified atom stereocenters. The maximum Gasteiger partial charge on any atom is 0.262 e. The molecule has 2 aromatic heterocycles. The number of benzene rings is 1. The van der Waals surface area contributed by atoms with Gasteiger partial charge in [-0.05, 0) is 19.4 Å². The molecule has 3 heterocycles. The predicted octanol–water partition coefficient (Wildman–Crippen LogP) is 0.118. The van der Waals surface area contributed by atoms with Crippen LogP contribution in [0.25, 0.3) is 10.2 Å². The number of thiophene rings is 1. The van der Waals surface area contributed by atoms with E-state index < -0.39 is 0 Å². The van der Waals surface area contributed by atoms with Gasteiger partial charge in [0, 0.05) is 10.4 Å². The van der Waals surface area contributed by atoms with Gasteiger partial charge in [-0.25, -0.2) is 4.98 Å². The standard InChI is InChI=1S/C23H27N5O3S/c1-16-17(2)32-22-21(16)23(31)28(15-25-22)14-19(29)24-12-20(30)27-10-8-26(9-11-27)13-18-6-4-3-5-7-18/h3-7,15H,8-14H2,1-2H3,(H,24,29)/p+1. The molecule has 32 heavy (non-hydrogen) atoms. The van der Waals surface area contributed by atoms with Crippen LogP contribution in [0.4, 0.5) is 0 Å². The summed E-state index contributed by atoms with van der Waals surface area (Å²) >= 11 is 1.47. The van der Waals surface area contributed by atoms with E-state index in [0.29, 0.717) is 23.3 Å². The minimum absolute atomic E-state index is 0.0616. The van der Waals surface area contributed by atoms with Crippen LogP contribution in [0.15, 0.2) is 41.5 Å². The number of fused-ring (bicyclic) bond motifs is 1. The second-order valence-electron chi connectivity index (χ2n) is 8.21. The Morgan fingerprint density at radius 3 is 2.59 bits per heavy atom. The van der Waals surface area contributed by atoms with Gasteiger partial charge in [0.25, 0.3) is 5.56 Å². The maximum absolute atomic E-state index is 12.7. The van der Waals surface area contributed by atoms with E-state index in [1.54, 1.807) is 4.90 Å². The maximum atomic E-state index is 12.7. The molecule has 2 N–H and O–H groups in total. The van der Waals surface area contributed by atoms with Crippen molar-refractivity contribution in [2.75, 3.05) is 32.7 Å². The van der Waals surface area contributed by atoms with Crippen LogP contribution in [0.3, 0.4) is 0 Å². The van der Waals surface area contributed by atoms with E-state index in [1.165, 1.54) is 32.7 Å². The predicted molar refractivity (Wildman–Crippen MR) is 124 cm³/mol. The summed E-state index contributed by atoms with van der Waals surface area (Å²) in [5, 5.41) is 3.22. The summed E-state index contributed by atoms with van der Waals surface area (Å²) in [4.78, 5) is 46.9. The van der Waals surface area contributed by atoms with Crippen molar-refractivity contribution < 1.29 is 14.5 Å². The van der Waals surface area contributed by atoms with Gasteiger partial charge < -0.3 is 15.1 Å². The van der Waals surface area contributed by atoms with Gasteiger partial charge in [0.1, 0.15) is 17.9 Å². The number of hydrogen-bond donors (Lipinski definition) is 2. The summed E-state index contributed by atoms with van der Waals surface area (Å²) in [5.74, 6) is -0.470. The summed E-state index contributed by atoms with van der Waals surface area (Å²) in [7, 11) is 0. The molecular weight excluding hydrogens is 426 g/mol. The molecule has 1 aliphatic rings. The molecular formula is C23H28N5O3S+. The number of quaternary nitrogens is 1. The van der Waals surface area contributed by atoms with Crippen molar-refractivity contribution in [2.45, 2.75) is 26.9 Å². The molecule has 9 heteroatoms. The van der Waals surface area contributed by atoms with Gasteiger partial charge in [-0.2, -0.15) is 0 Å². The first-order chi connectivity index (χ1) is 15.4. The van der Waals surface area contributed by atoms with Gasteiger partial charge in [-0.1, -0.05) is 30.3 Å². The number of aromatic nitrogens is 2. The molecule has 1 saturated heterocycles. The Balaban J connectivity index is 1.26. The van der Waals surface area contributed by atoms with E-state index in [2.05, 4.69) is 22.4 Å². The van der Waals surface area contributed by atoms with Crippen LogP contribution < -0.4 is 15.8 Å². The molecule has 8 nitrogen and oxygen atoms in total. The topological polar surface area (TPSA) is 88.7 Å². The van der Waals surface area contributed by atoms with E-state index in [0.717, 1.165) is 30.1 Å². The van der Waals surface area contributed by atoms with E-state index in [-0.39, 0.29) is 30.5 Å². The summed E-state index contributed by atoms with van der Waals surface area (Å²) in [6, 6.07) is 10.3. The van der Waals surface area contributed by atoms with Gasteiger partial charge in [-0.3, -0.25) is 19.0 Å². The number of carbonyl (C=O) groups excluding carboxylic acids is 2. The highest BCUT2D eigenvalue weighted by Crippen LogP contribution is 2.25. The lowest BCUT2D eigenvalue weighted by molar-refractivity contribution is -0.917. The summed E-state index contributed by atoms with van der Waals surface area (Å²) in [5.41, 5.74) is 1.97. The Hall–Kier alpha value is -3.04. The molecule has 1 fully saturated rings. The lowest BCUT2D eigenvalue weighted by Crippen LogP contribution is -3.13. The molecule has 2 amide bonds. The molecule has 0 atom stereocenters. The number of aryl methyl sites for hydroxylation is 2. The minimum atomic E-state index is -0.375. The number of nitrogens with zero attached hydrogens (tertiary/aromatic N) is 3. The first-order valence-electron chi connectivity index (χ1n) is 10.8. The molecule has 0 aliphatic carbocycles. The van der Waals surface area contributed by atoms with Crippen molar-refractivity contribution in [2.24, 2.45) is 0 Å². The van der Waals surface area contributed by atoms with Crippen LogP contribution in [0.2, 0.25) is 0 Å². The van der Waals surface area contributed by atoms with Crippen molar-refractivity contribution >= 4 is 33.4 Å². The molecule has 3 aromatic rings. The highest BCUT2D eigenvalue weighted by Gasteiger charge is 2.24. The zero-order chi connectivity index (χ0) is 22.7. The SMILES string of the molecule is Cc1sc2ncn(CC(=O)NCC(=O)N3CC[NH+](Cc4ccccc4)CC3)c(=O)c2c1C. The van der Waals surface area contributed by atoms with Gasteiger partial charge in [0.15, 0.2) is 0 Å². The van der Waals surface area contributed by atoms with Crippen molar-refractivity contribution in [1.82, 2.24) is 19.8 Å². The van der Waals surface area contributed by atoms with E-state index in [9.17, 15) is 14.4 Å². The van der Waals surface area contributed by atoms with Crippen molar-refractivity contribution in [3.05, 3.63) is 63.0 Å². The molecule has 0 spiro atoms.